The zero-order valence-corrected chi connectivity index (χ0v) is 16.7. The summed E-state index contributed by atoms with van der Waals surface area (Å²) in [7, 11) is 0. The summed E-state index contributed by atoms with van der Waals surface area (Å²) in [5.74, 6) is 2.23. The van der Waals surface area contributed by atoms with Crippen LogP contribution >= 0.6 is 0 Å². The Kier molecular flexibility index (Phi) is 4.01. The van der Waals surface area contributed by atoms with Crippen LogP contribution in [-0.4, -0.2) is 20.7 Å². The van der Waals surface area contributed by atoms with Crippen molar-refractivity contribution in [1.82, 2.24) is 9.78 Å². The minimum atomic E-state index is -0.224. The second-order valence-corrected chi connectivity index (χ2v) is 9.03. The molecule has 0 amide bonds. The lowest BCUT2D eigenvalue weighted by Crippen LogP contribution is -2.42. The average Bonchev–Trinajstić information content (AvgIpc) is 3.24. The van der Waals surface area contributed by atoms with Crippen LogP contribution in [0.25, 0.3) is 6.08 Å². The van der Waals surface area contributed by atoms with Crippen molar-refractivity contribution in [2.45, 2.75) is 58.4 Å². The molecule has 5 rings (SSSR count). The number of allylic oxidation sites excluding steroid dienone is 1. The Bertz CT molecular complexity index is 973. The number of aromatic hydroxyl groups is 1. The molecular weight excluding hydrogens is 348 g/mol. The van der Waals surface area contributed by atoms with Gasteiger partial charge >= 0.3 is 0 Å². The van der Waals surface area contributed by atoms with Crippen LogP contribution in [0.2, 0.25) is 0 Å². The molecule has 1 aromatic heterocycles. The van der Waals surface area contributed by atoms with Gasteiger partial charge in [-0.15, -0.1) is 0 Å². The summed E-state index contributed by atoms with van der Waals surface area (Å²) in [5.41, 5.74) is 4.51. The third kappa shape index (κ3) is 2.50. The normalized spacial score (nSPS) is 32.9. The van der Waals surface area contributed by atoms with Crippen molar-refractivity contribution in [3.05, 3.63) is 52.9 Å². The summed E-state index contributed by atoms with van der Waals surface area (Å²) in [5, 5.41) is 14.2. The van der Waals surface area contributed by atoms with Crippen molar-refractivity contribution >= 4 is 11.9 Å². The zero-order chi connectivity index (χ0) is 19.5. The Hall–Kier alpha value is -2.36. The largest absolute Gasteiger partial charge is 0.508 e. The van der Waals surface area contributed by atoms with Gasteiger partial charge in [-0.2, -0.15) is 5.10 Å². The van der Waals surface area contributed by atoms with Gasteiger partial charge in [0.05, 0.1) is 5.69 Å². The quantitative estimate of drug-likeness (QED) is 0.771. The Labute approximate surface area is 166 Å². The summed E-state index contributed by atoms with van der Waals surface area (Å²) >= 11 is 0. The van der Waals surface area contributed by atoms with E-state index < -0.39 is 0 Å². The van der Waals surface area contributed by atoms with E-state index in [-0.39, 0.29) is 5.41 Å². The number of fused-ring (bicyclic) bond motifs is 5. The summed E-state index contributed by atoms with van der Waals surface area (Å²) in [6.45, 7) is 5.10. The molecule has 4 atom stereocenters. The zero-order valence-electron chi connectivity index (χ0n) is 16.7. The van der Waals surface area contributed by atoms with Crippen molar-refractivity contribution in [3.8, 4) is 5.75 Å². The molecule has 2 aromatic rings. The van der Waals surface area contributed by atoms with Gasteiger partial charge in [0.1, 0.15) is 5.75 Å². The molecule has 3 aliphatic rings. The molecule has 4 unspecified atom stereocenters. The van der Waals surface area contributed by atoms with E-state index in [4.69, 9.17) is 0 Å². The van der Waals surface area contributed by atoms with Crippen molar-refractivity contribution in [3.63, 3.8) is 0 Å². The Morgan fingerprint density at radius 1 is 1.32 bits per heavy atom. The number of ketones is 1. The van der Waals surface area contributed by atoms with Gasteiger partial charge in [0.25, 0.3) is 0 Å². The molecule has 146 valence electrons. The van der Waals surface area contributed by atoms with Crippen molar-refractivity contribution in [2.24, 2.45) is 17.3 Å². The number of rotatable bonds is 2. The molecule has 0 bridgehead atoms. The van der Waals surface area contributed by atoms with Crippen LogP contribution in [0, 0.1) is 17.3 Å². The summed E-state index contributed by atoms with van der Waals surface area (Å²) in [4.78, 5) is 13.4. The fourth-order valence-electron chi connectivity index (χ4n) is 6.28. The van der Waals surface area contributed by atoms with Crippen LogP contribution in [0.3, 0.4) is 0 Å². The molecule has 2 fully saturated rings. The summed E-state index contributed by atoms with van der Waals surface area (Å²) in [6.07, 6.45) is 8.95. The fraction of sp³-hybridized carbons (Fsp3) is 0.500. The van der Waals surface area contributed by atoms with Crippen LogP contribution in [0.4, 0.5) is 0 Å². The maximum absolute atomic E-state index is 13.4. The van der Waals surface area contributed by atoms with E-state index in [9.17, 15) is 9.90 Å². The predicted molar refractivity (Wildman–Crippen MR) is 109 cm³/mol. The molecule has 3 aliphatic carbocycles. The van der Waals surface area contributed by atoms with E-state index in [0.29, 0.717) is 29.3 Å². The third-order valence-electron chi connectivity index (χ3n) is 7.72. The second-order valence-electron chi connectivity index (χ2n) is 9.03. The second kappa shape index (κ2) is 6.33. The third-order valence-corrected chi connectivity index (χ3v) is 7.72. The van der Waals surface area contributed by atoms with Crippen molar-refractivity contribution in [1.29, 1.82) is 0 Å². The highest BCUT2D eigenvalue weighted by Gasteiger charge is 2.56. The SMILES string of the molecule is CCn1nccc1C=C1CC2C3CCc4cc(O)ccc4C3CCC2(C)C1=O. The first-order valence-corrected chi connectivity index (χ1v) is 10.6. The van der Waals surface area contributed by atoms with Gasteiger partial charge in [-0.05, 0) is 97.8 Å². The van der Waals surface area contributed by atoms with E-state index in [1.807, 2.05) is 29.1 Å². The highest BCUT2D eigenvalue weighted by Crippen LogP contribution is 2.60. The topological polar surface area (TPSA) is 55.1 Å². The smallest absolute Gasteiger partial charge is 0.165 e. The van der Waals surface area contributed by atoms with E-state index in [1.165, 1.54) is 11.1 Å². The van der Waals surface area contributed by atoms with Gasteiger partial charge in [0.2, 0.25) is 0 Å². The lowest BCUT2D eigenvalue weighted by molar-refractivity contribution is -0.127. The first-order chi connectivity index (χ1) is 13.5. The first kappa shape index (κ1) is 17.7. The maximum atomic E-state index is 13.4. The van der Waals surface area contributed by atoms with Crippen molar-refractivity contribution < 1.29 is 9.90 Å². The average molecular weight is 377 g/mol. The van der Waals surface area contributed by atoms with Crippen LogP contribution < -0.4 is 0 Å². The summed E-state index contributed by atoms with van der Waals surface area (Å²) in [6, 6.07) is 7.89. The number of aromatic nitrogens is 2. The lowest BCUT2D eigenvalue weighted by atomic mass is 9.55. The number of nitrogens with zero attached hydrogens (tertiary/aromatic N) is 2. The van der Waals surface area contributed by atoms with Crippen LogP contribution in [-0.2, 0) is 17.8 Å². The monoisotopic (exact) mass is 376 g/mol. The molecule has 2 saturated carbocycles. The van der Waals surface area contributed by atoms with Crippen LogP contribution in [0.15, 0.2) is 36.0 Å². The molecule has 4 heteroatoms. The lowest BCUT2D eigenvalue weighted by Gasteiger charge is -2.48. The van der Waals surface area contributed by atoms with Gasteiger partial charge in [-0.25, -0.2) is 0 Å². The molecule has 0 saturated heterocycles. The van der Waals surface area contributed by atoms with E-state index in [0.717, 1.165) is 49.9 Å². The van der Waals surface area contributed by atoms with E-state index in [1.54, 1.807) is 0 Å². The van der Waals surface area contributed by atoms with Gasteiger partial charge < -0.3 is 5.11 Å². The number of phenols is 1. The fourth-order valence-corrected chi connectivity index (χ4v) is 6.28. The summed E-state index contributed by atoms with van der Waals surface area (Å²) < 4.78 is 1.96. The number of carbonyl (C=O) groups is 1. The van der Waals surface area contributed by atoms with Crippen LogP contribution in [0.1, 0.15) is 62.3 Å². The number of aryl methyl sites for hydroxylation is 2. The molecule has 4 nitrogen and oxygen atoms in total. The van der Waals surface area contributed by atoms with Crippen molar-refractivity contribution in [2.75, 3.05) is 0 Å². The molecule has 0 radical (unpaired) electrons. The molecule has 1 heterocycles. The van der Waals surface area contributed by atoms with E-state index >= 15 is 0 Å². The number of carbonyl (C=O) groups excluding carboxylic acids is 1. The minimum absolute atomic E-state index is 0.224. The molecule has 0 spiro atoms. The molecule has 0 aliphatic heterocycles. The molecular formula is C24H28N2O2. The van der Waals surface area contributed by atoms with Gasteiger partial charge in [-0.1, -0.05) is 13.0 Å². The first-order valence-electron chi connectivity index (χ1n) is 10.6. The highest BCUT2D eigenvalue weighted by molar-refractivity contribution is 6.05. The minimum Gasteiger partial charge on any atom is -0.508 e. The molecule has 1 N–H and O–H groups in total. The number of hydrogen-bond acceptors (Lipinski definition) is 3. The standard InChI is InChI=1S/C24H28N2O2/c1-3-26-17(9-11-25-26)12-16-14-22-21-6-4-15-13-18(27)5-7-19(15)20(21)8-10-24(22,2)23(16)28/h5,7,9,11-13,20-22,27H,3-4,6,8,10,14H2,1-2H3. The predicted octanol–water partition coefficient (Wildman–Crippen LogP) is 4.73. The Morgan fingerprint density at radius 2 is 2.18 bits per heavy atom. The number of hydrogen-bond donors (Lipinski definition) is 1. The number of phenolic OH excluding ortho intramolecular Hbond substituents is 1. The molecule has 28 heavy (non-hydrogen) atoms. The highest BCUT2D eigenvalue weighted by atomic mass is 16.3. The Balaban J connectivity index is 1.49. The van der Waals surface area contributed by atoms with Crippen LogP contribution in [0.5, 0.6) is 5.75 Å². The number of benzene rings is 1. The van der Waals surface area contributed by atoms with Gasteiger partial charge in [-0.3, -0.25) is 9.48 Å². The Morgan fingerprint density at radius 3 is 3.00 bits per heavy atom. The van der Waals surface area contributed by atoms with E-state index in [2.05, 4.69) is 31.1 Å². The molecule has 1 aromatic carbocycles. The van der Waals surface area contributed by atoms with Gasteiger partial charge in [0, 0.05) is 18.2 Å². The van der Waals surface area contributed by atoms with Gasteiger partial charge in [0.15, 0.2) is 5.78 Å². The number of Topliss-reactive ketones (excluding diaryl/α,β-unsaturated/α-hetero) is 1. The maximum Gasteiger partial charge on any atom is 0.165 e.